The summed E-state index contributed by atoms with van der Waals surface area (Å²) >= 11 is -0.00596. The Morgan fingerprint density at radius 2 is 2.00 bits per heavy atom. The van der Waals surface area contributed by atoms with Crippen LogP contribution in [0.2, 0.25) is 0 Å². The quantitative estimate of drug-likeness (QED) is 0.658. The second kappa shape index (κ2) is 7.46. The van der Waals surface area contributed by atoms with Gasteiger partial charge in [-0.1, -0.05) is 0 Å². The number of hydrogen-bond acceptors (Lipinski definition) is 3. The highest BCUT2D eigenvalue weighted by atomic mass is 32.2. The first-order chi connectivity index (χ1) is 6.06. The van der Waals surface area contributed by atoms with E-state index < -0.39 is 5.51 Å². The molecular weight excluding hydrogens is 203 g/mol. The lowest BCUT2D eigenvalue weighted by molar-refractivity contribution is -0.0327. The van der Waals surface area contributed by atoms with E-state index in [4.69, 9.17) is 4.74 Å². The Hall–Kier alpha value is 0.0600. The second-order valence-electron chi connectivity index (χ2n) is 2.24. The van der Waals surface area contributed by atoms with Crippen LogP contribution in [-0.4, -0.2) is 37.6 Å². The smallest absolute Gasteiger partial charge is 0.380 e. The molecule has 0 aliphatic carbocycles. The third-order valence-electron chi connectivity index (χ3n) is 1.17. The molecule has 0 rings (SSSR count). The fourth-order valence-corrected chi connectivity index (χ4v) is 1.13. The summed E-state index contributed by atoms with van der Waals surface area (Å²) in [6.45, 7) is 4.02. The van der Waals surface area contributed by atoms with E-state index >= 15 is 0 Å². The van der Waals surface area contributed by atoms with Crippen molar-refractivity contribution < 1.29 is 17.9 Å². The molecule has 2 nitrogen and oxygen atoms in total. The van der Waals surface area contributed by atoms with Crippen LogP contribution in [0.3, 0.4) is 0 Å². The zero-order chi connectivity index (χ0) is 10.2. The number of hydrogen-bond donors (Lipinski definition) is 1. The Morgan fingerprint density at radius 1 is 1.31 bits per heavy atom. The Morgan fingerprint density at radius 3 is 2.54 bits per heavy atom. The normalized spacial score (nSPS) is 12.0. The average Bonchev–Trinajstić information content (AvgIpc) is 2.01. The van der Waals surface area contributed by atoms with Crippen molar-refractivity contribution in [2.45, 2.75) is 12.4 Å². The van der Waals surface area contributed by atoms with Crippen LogP contribution in [0.1, 0.15) is 6.92 Å². The lowest BCUT2D eigenvalue weighted by Gasteiger charge is -2.06. The summed E-state index contributed by atoms with van der Waals surface area (Å²) in [6, 6.07) is 0. The van der Waals surface area contributed by atoms with Gasteiger partial charge in [-0.15, -0.1) is 0 Å². The Balaban J connectivity index is 3.00. The summed E-state index contributed by atoms with van der Waals surface area (Å²) in [5.74, 6) is 0.0512. The van der Waals surface area contributed by atoms with Gasteiger partial charge in [-0.3, -0.25) is 0 Å². The van der Waals surface area contributed by atoms with Crippen molar-refractivity contribution in [2.75, 3.05) is 32.1 Å². The number of alkyl halides is 3. The van der Waals surface area contributed by atoms with Crippen LogP contribution in [0.15, 0.2) is 0 Å². The predicted molar refractivity (Wildman–Crippen MR) is 47.9 cm³/mol. The molecule has 0 unspecified atom stereocenters. The van der Waals surface area contributed by atoms with Crippen LogP contribution in [-0.2, 0) is 4.74 Å². The van der Waals surface area contributed by atoms with Gasteiger partial charge in [-0.05, 0) is 18.7 Å². The molecule has 0 atom stereocenters. The lowest BCUT2D eigenvalue weighted by atomic mass is 10.6. The first kappa shape index (κ1) is 13.1. The minimum absolute atomic E-state index is 0.00596. The van der Waals surface area contributed by atoms with E-state index in [2.05, 4.69) is 5.32 Å². The van der Waals surface area contributed by atoms with E-state index in [-0.39, 0.29) is 17.5 Å². The highest BCUT2D eigenvalue weighted by Gasteiger charge is 2.27. The Bertz CT molecular complexity index is 121. The molecule has 13 heavy (non-hydrogen) atoms. The fraction of sp³-hybridized carbons (Fsp3) is 1.00. The summed E-state index contributed by atoms with van der Waals surface area (Å²) in [4.78, 5) is 0. The molecule has 0 aliphatic rings. The van der Waals surface area contributed by atoms with Crippen molar-refractivity contribution in [1.29, 1.82) is 0 Å². The summed E-state index contributed by atoms with van der Waals surface area (Å²) in [5.41, 5.74) is -4.11. The third-order valence-corrected chi connectivity index (χ3v) is 1.91. The Kier molecular flexibility index (Phi) is 7.50. The van der Waals surface area contributed by atoms with Crippen molar-refractivity contribution in [2.24, 2.45) is 0 Å². The van der Waals surface area contributed by atoms with Crippen LogP contribution >= 0.6 is 11.8 Å². The number of halogens is 3. The minimum atomic E-state index is -4.11. The summed E-state index contributed by atoms with van der Waals surface area (Å²) in [7, 11) is 0. The van der Waals surface area contributed by atoms with Crippen LogP contribution < -0.4 is 5.32 Å². The first-order valence-corrected chi connectivity index (χ1v) is 5.04. The first-order valence-electron chi connectivity index (χ1n) is 4.05. The molecule has 0 fully saturated rings. The Labute approximate surface area is 80.2 Å². The van der Waals surface area contributed by atoms with E-state index in [1.54, 1.807) is 0 Å². The molecule has 0 spiro atoms. The summed E-state index contributed by atoms with van der Waals surface area (Å²) in [5, 5.41) is 2.85. The van der Waals surface area contributed by atoms with Gasteiger partial charge in [0.15, 0.2) is 0 Å². The molecule has 0 amide bonds. The summed E-state index contributed by atoms with van der Waals surface area (Å²) < 4.78 is 39.8. The van der Waals surface area contributed by atoms with Gasteiger partial charge in [0.05, 0.1) is 6.61 Å². The van der Waals surface area contributed by atoms with Gasteiger partial charge in [0.25, 0.3) is 0 Å². The maximum Gasteiger partial charge on any atom is 0.441 e. The van der Waals surface area contributed by atoms with Crippen molar-refractivity contribution in [1.82, 2.24) is 5.32 Å². The lowest BCUT2D eigenvalue weighted by Crippen LogP contribution is -2.23. The zero-order valence-corrected chi connectivity index (χ0v) is 8.30. The van der Waals surface area contributed by atoms with Crippen molar-refractivity contribution in [3.8, 4) is 0 Å². The number of thioether (sulfide) groups is 1. The maximum atomic E-state index is 11.6. The van der Waals surface area contributed by atoms with Gasteiger partial charge in [-0.2, -0.15) is 13.2 Å². The molecule has 0 saturated carbocycles. The van der Waals surface area contributed by atoms with Crippen LogP contribution in [0.4, 0.5) is 13.2 Å². The predicted octanol–water partition coefficient (Wildman–Crippen LogP) is 1.87. The van der Waals surface area contributed by atoms with Gasteiger partial charge in [-0.25, -0.2) is 0 Å². The highest BCUT2D eigenvalue weighted by Crippen LogP contribution is 2.29. The molecule has 6 heteroatoms. The maximum absolute atomic E-state index is 11.6. The van der Waals surface area contributed by atoms with E-state index in [9.17, 15) is 13.2 Å². The molecule has 0 bridgehead atoms. The molecule has 0 radical (unpaired) electrons. The standard InChI is InChI=1S/C7H14F3NOS/c1-2-12-5-3-11-4-6-13-7(8,9)10/h11H,2-6H2,1H3. The third kappa shape index (κ3) is 12.1. The monoisotopic (exact) mass is 217 g/mol. The number of nitrogens with one attached hydrogen (secondary N) is 1. The van der Waals surface area contributed by atoms with Gasteiger partial charge >= 0.3 is 5.51 Å². The number of rotatable bonds is 7. The molecule has 0 aliphatic heterocycles. The van der Waals surface area contributed by atoms with E-state index in [0.717, 1.165) is 0 Å². The highest BCUT2D eigenvalue weighted by molar-refractivity contribution is 8.00. The molecule has 0 heterocycles. The molecule has 0 saturated heterocycles. The topological polar surface area (TPSA) is 21.3 Å². The van der Waals surface area contributed by atoms with Crippen LogP contribution in [0, 0.1) is 0 Å². The van der Waals surface area contributed by atoms with Crippen molar-refractivity contribution in [3.05, 3.63) is 0 Å². The molecule has 0 aromatic carbocycles. The van der Waals surface area contributed by atoms with Gasteiger partial charge < -0.3 is 10.1 Å². The minimum Gasteiger partial charge on any atom is -0.380 e. The molecule has 0 aromatic rings. The fourth-order valence-electron chi connectivity index (χ4n) is 0.653. The molecule has 0 aromatic heterocycles. The van der Waals surface area contributed by atoms with Gasteiger partial charge in [0, 0.05) is 25.4 Å². The molecule has 1 N–H and O–H groups in total. The molecular formula is C7H14F3NOS. The van der Waals surface area contributed by atoms with E-state index in [1.807, 2.05) is 6.92 Å². The van der Waals surface area contributed by atoms with Crippen LogP contribution in [0.5, 0.6) is 0 Å². The zero-order valence-electron chi connectivity index (χ0n) is 7.49. The largest absolute Gasteiger partial charge is 0.441 e. The molecule has 80 valence electrons. The van der Waals surface area contributed by atoms with Crippen LogP contribution in [0.25, 0.3) is 0 Å². The number of ether oxygens (including phenoxy) is 1. The van der Waals surface area contributed by atoms with E-state index in [0.29, 0.717) is 26.3 Å². The SMILES string of the molecule is CCOCCNCCSC(F)(F)F. The van der Waals surface area contributed by atoms with E-state index in [1.165, 1.54) is 0 Å². The van der Waals surface area contributed by atoms with Crippen molar-refractivity contribution >= 4 is 11.8 Å². The van der Waals surface area contributed by atoms with Crippen molar-refractivity contribution in [3.63, 3.8) is 0 Å². The second-order valence-corrected chi connectivity index (χ2v) is 3.40. The van der Waals surface area contributed by atoms with Gasteiger partial charge in [0.1, 0.15) is 0 Å². The average molecular weight is 217 g/mol. The van der Waals surface area contributed by atoms with Gasteiger partial charge in [0.2, 0.25) is 0 Å². The summed E-state index contributed by atoms with van der Waals surface area (Å²) in [6.07, 6.45) is 0.